The number of ether oxygens (including phenoxy) is 2. The van der Waals surface area contributed by atoms with Gasteiger partial charge in [-0.3, -0.25) is 24.6 Å². The second kappa shape index (κ2) is 9.68. The lowest BCUT2D eigenvalue weighted by Crippen LogP contribution is -2.29. The van der Waals surface area contributed by atoms with Crippen LogP contribution in [0.1, 0.15) is 18.5 Å². The molecule has 1 aliphatic heterocycles. The molecule has 1 heterocycles. The Balaban J connectivity index is 1.89. The molecule has 1 amide bonds. The fourth-order valence-corrected chi connectivity index (χ4v) is 4.13. The third kappa shape index (κ3) is 4.43. The van der Waals surface area contributed by atoms with Crippen LogP contribution in [0, 0.1) is 10.1 Å². The van der Waals surface area contributed by atoms with Crippen molar-refractivity contribution in [1.82, 2.24) is 0 Å². The maximum Gasteiger partial charge on any atom is 0.300 e. The highest BCUT2D eigenvalue weighted by atomic mass is 16.6. The van der Waals surface area contributed by atoms with Crippen molar-refractivity contribution in [1.29, 1.82) is 0 Å². The van der Waals surface area contributed by atoms with Crippen molar-refractivity contribution in [3.63, 3.8) is 0 Å². The molecule has 3 aromatic carbocycles. The van der Waals surface area contributed by atoms with E-state index in [2.05, 4.69) is 5.32 Å². The molecule has 3 aromatic rings. The first-order valence-corrected chi connectivity index (χ1v) is 10.7. The van der Waals surface area contributed by atoms with E-state index < -0.39 is 22.7 Å². The highest BCUT2D eigenvalue weighted by molar-refractivity contribution is 6.51. The van der Waals surface area contributed by atoms with Gasteiger partial charge in [-0.05, 0) is 48.9 Å². The van der Waals surface area contributed by atoms with Gasteiger partial charge in [-0.25, -0.2) is 0 Å². The van der Waals surface area contributed by atoms with E-state index in [4.69, 9.17) is 9.47 Å². The quantitative estimate of drug-likeness (QED) is 0.230. The highest BCUT2D eigenvalue weighted by Gasteiger charge is 2.47. The van der Waals surface area contributed by atoms with E-state index in [-0.39, 0.29) is 11.3 Å². The molecule has 0 bridgehead atoms. The van der Waals surface area contributed by atoms with Crippen LogP contribution in [-0.2, 0) is 9.59 Å². The molecule has 4 rings (SSSR count). The number of non-ortho nitro benzene ring substituents is 1. The zero-order valence-corrected chi connectivity index (χ0v) is 19.3. The Kier molecular flexibility index (Phi) is 6.50. The van der Waals surface area contributed by atoms with E-state index in [0.29, 0.717) is 34.1 Å². The fraction of sp³-hybridized carbons (Fsp3) is 0.154. The Morgan fingerprint density at radius 1 is 0.971 bits per heavy atom. The Bertz CT molecular complexity index is 1330. The van der Waals surface area contributed by atoms with Gasteiger partial charge in [-0.15, -0.1) is 0 Å². The molecule has 0 aliphatic carbocycles. The lowest BCUT2D eigenvalue weighted by molar-refractivity contribution is -0.384. The number of allylic oxidation sites excluding steroid dienone is 1. The van der Waals surface area contributed by atoms with Gasteiger partial charge in [-0.2, -0.15) is 0 Å². The number of nitro groups is 1. The summed E-state index contributed by atoms with van der Waals surface area (Å²) in [6.45, 7) is 1.70. The third-order valence-corrected chi connectivity index (χ3v) is 5.76. The normalized spacial score (nSPS) is 16.8. The molecule has 1 N–H and O–H groups in total. The van der Waals surface area contributed by atoms with Gasteiger partial charge in [0.05, 0.1) is 36.4 Å². The number of hydrogen-bond acceptors (Lipinski definition) is 7. The van der Waals surface area contributed by atoms with Crippen molar-refractivity contribution >= 4 is 28.8 Å². The summed E-state index contributed by atoms with van der Waals surface area (Å²) in [5, 5.41) is 14.6. The number of carbonyl (C=O) groups excluding carboxylic acids is 2. The topological polar surface area (TPSA) is 111 Å². The number of ketones is 1. The number of para-hydroxylation sites is 2. The molecule has 1 aliphatic rings. The van der Waals surface area contributed by atoms with Gasteiger partial charge >= 0.3 is 0 Å². The first-order chi connectivity index (χ1) is 16.8. The molecule has 9 nitrogen and oxygen atoms in total. The van der Waals surface area contributed by atoms with Crippen molar-refractivity contribution < 1.29 is 24.0 Å². The molecule has 0 aromatic heterocycles. The minimum atomic E-state index is -0.906. The summed E-state index contributed by atoms with van der Waals surface area (Å²) in [5.41, 5.74) is 1.99. The number of methoxy groups -OCH3 is 2. The molecule has 0 radical (unpaired) electrons. The second-order valence-corrected chi connectivity index (χ2v) is 7.82. The van der Waals surface area contributed by atoms with Crippen LogP contribution in [0.5, 0.6) is 11.5 Å². The monoisotopic (exact) mass is 473 g/mol. The lowest BCUT2D eigenvalue weighted by atomic mass is 9.96. The number of nitrogens with zero attached hydrogens (tertiary/aromatic N) is 2. The molecular formula is C26H23N3O6. The summed E-state index contributed by atoms with van der Waals surface area (Å²) in [6.07, 6.45) is 0. The molecule has 1 saturated heterocycles. The molecular weight excluding hydrogens is 450 g/mol. The molecule has 1 fully saturated rings. The largest absolute Gasteiger partial charge is 0.497 e. The molecule has 35 heavy (non-hydrogen) atoms. The average molecular weight is 473 g/mol. The molecule has 0 saturated carbocycles. The standard InChI is InChI=1S/C26H23N3O6/c1-16(27-18-11-13-20(34-2)14-12-18)23-24(17-7-6-8-19(15-17)29(32)33)28(26(31)25(23)30)21-9-4-5-10-22(21)35-3/h4-15,24,27H,1-3H3. The predicted octanol–water partition coefficient (Wildman–Crippen LogP) is 4.66. The summed E-state index contributed by atoms with van der Waals surface area (Å²) in [5.74, 6) is -0.390. The Hall–Kier alpha value is -4.66. The second-order valence-electron chi connectivity index (χ2n) is 7.82. The van der Waals surface area contributed by atoms with Crippen LogP contribution >= 0.6 is 0 Å². The van der Waals surface area contributed by atoms with Gasteiger partial charge < -0.3 is 14.8 Å². The number of amides is 1. The van der Waals surface area contributed by atoms with Crippen molar-refractivity contribution in [2.24, 2.45) is 0 Å². The Morgan fingerprint density at radius 2 is 1.69 bits per heavy atom. The zero-order chi connectivity index (χ0) is 25.1. The molecule has 1 atom stereocenters. The first kappa shape index (κ1) is 23.5. The van der Waals surface area contributed by atoms with Crippen molar-refractivity contribution in [2.75, 3.05) is 24.4 Å². The van der Waals surface area contributed by atoms with E-state index in [0.717, 1.165) is 0 Å². The number of carbonyl (C=O) groups is 2. The van der Waals surface area contributed by atoms with Crippen LogP contribution in [-0.4, -0.2) is 30.8 Å². The summed E-state index contributed by atoms with van der Waals surface area (Å²) in [6, 6.07) is 18.9. The van der Waals surface area contributed by atoms with Gasteiger partial charge in [0.25, 0.3) is 17.4 Å². The fourth-order valence-electron chi connectivity index (χ4n) is 4.13. The van der Waals surface area contributed by atoms with Crippen LogP contribution in [0.4, 0.5) is 17.1 Å². The Labute approximate surface area is 201 Å². The number of nitrogens with one attached hydrogen (secondary N) is 1. The minimum Gasteiger partial charge on any atom is -0.497 e. The third-order valence-electron chi connectivity index (χ3n) is 5.76. The van der Waals surface area contributed by atoms with E-state index in [1.165, 1.54) is 30.2 Å². The minimum absolute atomic E-state index is 0.144. The van der Waals surface area contributed by atoms with Crippen molar-refractivity contribution in [3.8, 4) is 11.5 Å². The van der Waals surface area contributed by atoms with Gasteiger partial charge in [0, 0.05) is 23.5 Å². The summed E-state index contributed by atoms with van der Waals surface area (Å²) in [4.78, 5) is 39.0. The summed E-state index contributed by atoms with van der Waals surface area (Å²) in [7, 11) is 3.03. The average Bonchev–Trinajstić information content (AvgIpc) is 3.14. The maximum absolute atomic E-state index is 13.3. The van der Waals surface area contributed by atoms with E-state index >= 15 is 0 Å². The van der Waals surface area contributed by atoms with E-state index in [9.17, 15) is 19.7 Å². The van der Waals surface area contributed by atoms with Gasteiger partial charge in [0.15, 0.2) is 0 Å². The van der Waals surface area contributed by atoms with Crippen LogP contribution < -0.4 is 19.7 Å². The number of Topliss-reactive ketones (excluding diaryl/α,β-unsaturated/α-hetero) is 1. The summed E-state index contributed by atoms with van der Waals surface area (Å²) < 4.78 is 10.6. The van der Waals surface area contributed by atoms with E-state index in [1.807, 2.05) is 0 Å². The van der Waals surface area contributed by atoms with Crippen LogP contribution in [0.2, 0.25) is 0 Å². The molecule has 9 heteroatoms. The lowest BCUT2D eigenvalue weighted by Gasteiger charge is -2.27. The van der Waals surface area contributed by atoms with E-state index in [1.54, 1.807) is 68.6 Å². The number of benzene rings is 3. The van der Waals surface area contributed by atoms with Crippen LogP contribution in [0.15, 0.2) is 84.1 Å². The zero-order valence-electron chi connectivity index (χ0n) is 19.3. The molecule has 1 unspecified atom stereocenters. The SMILES string of the molecule is COc1ccc(NC(C)=C2C(=O)C(=O)N(c3ccccc3OC)C2c2cccc([N+](=O)[O-])c2)cc1. The van der Waals surface area contributed by atoms with Crippen LogP contribution in [0.25, 0.3) is 0 Å². The molecule has 0 spiro atoms. The van der Waals surface area contributed by atoms with Crippen LogP contribution in [0.3, 0.4) is 0 Å². The van der Waals surface area contributed by atoms with Crippen molar-refractivity contribution in [3.05, 3.63) is 99.7 Å². The predicted molar refractivity (Wildman–Crippen MR) is 131 cm³/mol. The smallest absolute Gasteiger partial charge is 0.300 e. The first-order valence-electron chi connectivity index (χ1n) is 10.7. The van der Waals surface area contributed by atoms with Crippen molar-refractivity contribution in [2.45, 2.75) is 13.0 Å². The Morgan fingerprint density at radius 3 is 2.34 bits per heavy atom. The maximum atomic E-state index is 13.3. The molecule has 178 valence electrons. The number of rotatable bonds is 7. The van der Waals surface area contributed by atoms with Gasteiger partial charge in [0.2, 0.25) is 0 Å². The number of anilines is 2. The van der Waals surface area contributed by atoms with Gasteiger partial charge in [-0.1, -0.05) is 24.3 Å². The number of nitro benzene ring substituents is 1. The van der Waals surface area contributed by atoms with Gasteiger partial charge in [0.1, 0.15) is 11.5 Å². The highest BCUT2D eigenvalue weighted by Crippen LogP contribution is 2.44. The number of hydrogen-bond donors (Lipinski definition) is 1. The summed E-state index contributed by atoms with van der Waals surface area (Å²) >= 11 is 0.